The number of likely N-dealkylation sites (N-methyl/N-ethyl adjacent to an activating group) is 1. The van der Waals surface area contributed by atoms with Crippen LogP contribution in [-0.4, -0.2) is 105 Å². The SMILES string of the molecule is CN(C)CCCC(=O)c1nc(NC(=O)N[C@H]2CC[C@@H](Oc3ccc4nnc(C(C)(C)N5CCN(C)CC5)n4c3)c3ccccc32)cc(C(C)(C)C)n1. The smallest absolute Gasteiger partial charge is 0.320 e. The van der Waals surface area contributed by atoms with Crippen LogP contribution in [0.5, 0.6) is 5.75 Å². The third-order valence-corrected chi connectivity index (χ3v) is 10.2. The van der Waals surface area contributed by atoms with Crippen LogP contribution in [0.1, 0.15) is 106 Å². The van der Waals surface area contributed by atoms with Gasteiger partial charge < -0.3 is 19.9 Å². The molecule has 1 aliphatic heterocycles. The fourth-order valence-electron chi connectivity index (χ4n) is 7.05. The second-order valence-corrected chi connectivity index (χ2v) is 16.0. The topological polar surface area (TPSA) is 133 Å². The minimum absolute atomic E-state index is 0.129. The normalized spacial score (nSPS) is 18.7. The van der Waals surface area contributed by atoms with Gasteiger partial charge in [0.15, 0.2) is 23.1 Å². The Morgan fingerprint density at radius 2 is 1.67 bits per heavy atom. The van der Waals surface area contributed by atoms with Gasteiger partial charge in [-0.05, 0) is 84.1 Å². The van der Waals surface area contributed by atoms with Crippen LogP contribution in [0.25, 0.3) is 5.65 Å². The number of aromatic nitrogens is 5. The second-order valence-electron chi connectivity index (χ2n) is 16.0. The number of carbonyl (C=O) groups excluding carboxylic acids is 2. The molecule has 1 saturated heterocycles. The molecule has 278 valence electrons. The Hall–Kier alpha value is -4.46. The van der Waals surface area contributed by atoms with Gasteiger partial charge in [0, 0.05) is 44.1 Å². The van der Waals surface area contributed by atoms with Crippen molar-refractivity contribution >= 4 is 23.3 Å². The molecule has 13 nitrogen and oxygen atoms in total. The maximum atomic E-state index is 13.5. The summed E-state index contributed by atoms with van der Waals surface area (Å²) in [6, 6.07) is 13.1. The van der Waals surface area contributed by atoms with E-state index in [1.54, 1.807) is 6.07 Å². The van der Waals surface area contributed by atoms with Gasteiger partial charge in [-0.25, -0.2) is 14.8 Å². The van der Waals surface area contributed by atoms with Crippen molar-refractivity contribution in [1.82, 2.24) is 44.6 Å². The number of Topliss-reactive ketones (excluding diaryl/α,β-unsaturated/α-hetero) is 1. The Morgan fingerprint density at radius 1 is 0.942 bits per heavy atom. The number of urea groups is 1. The van der Waals surface area contributed by atoms with E-state index < -0.39 is 6.03 Å². The van der Waals surface area contributed by atoms with Crippen LogP contribution < -0.4 is 15.4 Å². The van der Waals surface area contributed by atoms with E-state index >= 15 is 0 Å². The van der Waals surface area contributed by atoms with Crippen molar-refractivity contribution < 1.29 is 14.3 Å². The lowest BCUT2D eigenvalue weighted by Gasteiger charge is -2.42. The molecule has 0 bridgehead atoms. The van der Waals surface area contributed by atoms with E-state index in [1.165, 1.54) is 0 Å². The van der Waals surface area contributed by atoms with E-state index in [0.29, 0.717) is 37.2 Å². The van der Waals surface area contributed by atoms with Gasteiger partial charge in [0.25, 0.3) is 0 Å². The van der Waals surface area contributed by atoms with E-state index in [1.807, 2.05) is 76.3 Å². The first kappa shape index (κ1) is 37.3. The van der Waals surface area contributed by atoms with Gasteiger partial charge in [0.05, 0.1) is 23.5 Å². The predicted molar refractivity (Wildman–Crippen MR) is 202 cm³/mol. The number of rotatable bonds is 11. The van der Waals surface area contributed by atoms with Crippen LogP contribution in [0.2, 0.25) is 0 Å². The number of hydrogen-bond donors (Lipinski definition) is 2. The van der Waals surface area contributed by atoms with Crippen molar-refractivity contribution in [2.24, 2.45) is 0 Å². The summed E-state index contributed by atoms with van der Waals surface area (Å²) in [5, 5.41) is 15.2. The highest BCUT2D eigenvalue weighted by Crippen LogP contribution is 2.39. The molecule has 52 heavy (non-hydrogen) atoms. The number of hydrogen-bond acceptors (Lipinski definition) is 10. The van der Waals surface area contributed by atoms with Gasteiger partial charge in [-0.1, -0.05) is 45.0 Å². The van der Waals surface area contributed by atoms with Crippen molar-refractivity contribution in [1.29, 1.82) is 0 Å². The minimum Gasteiger partial charge on any atom is -0.484 e. The number of ether oxygens (including phenoxy) is 1. The first-order valence-corrected chi connectivity index (χ1v) is 18.4. The van der Waals surface area contributed by atoms with Crippen molar-refractivity contribution in [2.45, 2.75) is 83.4 Å². The highest BCUT2D eigenvalue weighted by atomic mass is 16.5. The molecule has 2 atom stereocenters. The van der Waals surface area contributed by atoms with Gasteiger partial charge in [-0.2, -0.15) is 0 Å². The highest BCUT2D eigenvalue weighted by molar-refractivity contribution is 5.94. The number of fused-ring (bicyclic) bond motifs is 2. The summed E-state index contributed by atoms with van der Waals surface area (Å²) in [5.74, 6) is 1.91. The lowest BCUT2D eigenvalue weighted by atomic mass is 9.85. The Bertz CT molecular complexity index is 1890. The van der Waals surface area contributed by atoms with E-state index in [0.717, 1.165) is 61.1 Å². The van der Waals surface area contributed by atoms with E-state index in [4.69, 9.17) is 4.74 Å². The molecule has 3 aromatic heterocycles. The summed E-state index contributed by atoms with van der Waals surface area (Å²) in [7, 11) is 6.12. The standard InChI is InChI=1S/C39H54N10O3/c1-38(2,3)32-24-33(42-35(41-32)30(50)14-11-19-46(6)7)43-37(51)40-29-16-17-31(28-13-10-9-12-27(28)29)52-26-15-18-34-44-45-36(49(34)25-26)39(4,5)48-22-20-47(8)21-23-48/h9-10,12-13,15,18,24-25,29,31H,11,14,16-17,19-23H2,1-8H3,(H2,40,41,42,43,51)/t29-,31+/m0/s1. The highest BCUT2D eigenvalue weighted by Gasteiger charge is 2.35. The fourth-order valence-corrected chi connectivity index (χ4v) is 7.05. The molecule has 1 fully saturated rings. The summed E-state index contributed by atoms with van der Waals surface area (Å²) in [4.78, 5) is 42.4. The molecule has 6 rings (SSSR count). The average molecular weight is 711 g/mol. The summed E-state index contributed by atoms with van der Waals surface area (Å²) >= 11 is 0. The van der Waals surface area contributed by atoms with E-state index in [9.17, 15) is 9.59 Å². The number of carbonyl (C=O) groups is 2. The lowest BCUT2D eigenvalue weighted by molar-refractivity contribution is 0.0544. The minimum atomic E-state index is -0.391. The number of benzene rings is 1. The van der Waals surface area contributed by atoms with Gasteiger partial charge in [0.2, 0.25) is 0 Å². The lowest BCUT2D eigenvalue weighted by Crippen LogP contribution is -2.52. The Labute approximate surface area is 307 Å². The monoisotopic (exact) mass is 710 g/mol. The van der Waals surface area contributed by atoms with Gasteiger partial charge in [-0.3, -0.25) is 19.4 Å². The van der Waals surface area contributed by atoms with Crippen LogP contribution in [0.15, 0.2) is 48.7 Å². The van der Waals surface area contributed by atoms with Crippen molar-refractivity contribution in [3.05, 3.63) is 77.1 Å². The largest absolute Gasteiger partial charge is 0.484 e. The van der Waals surface area contributed by atoms with Crippen LogP contribution >= 0.6 is 0 Å². The first-order valence-electron chi connectivity index (χ1n) is 18.4. The van der Waals surface area contributed by atoms with Crippen molar-refractivity contribution in [3.8, 4) is 5.75 Å². The van der Waals surface area contributed by atoms with Crippen molar-refractivity contribution in [2.75, 3.05) is 59.2 Å². The van der Waals surface area contributed by atoms with Crippen LogP contribution in [0, 0.1) is 0 Å². The Morgan fingerprint density at radius 3 is 2.38 bits per heavy atom. The Balaban J connectivity index is 1.16. The summed E-state index contributed by atoms with van der Waals surface area (Å²) in [6.07, 6.45) is 4.22. The average Bonchev–Trinajstić information content (AvgIpc) is 3.53. The van der Waals surface area contributed by atoms with Gasteiger partial charge >= 0.3 is 6.03 Å². The van der Waals surface area contributed by atoms with E-state index in [-0.39, 0.29) is 34.7 Å². The molecule has 2 amide bonds. The summed E-state index contributed by atoms with van der Waals surface area (Å²) in [6.45, 7) is 15.3. The molecule has 4 heterocycles. The summed E-state index contributed by atoms with van der Waals surface area (Å²) in [5.41, 5.74) is 2.86. The van der Waals surface area contributed by atoms with Crippen LogP contribution in [0.3, 0.4) is 0 Å². The molecule has 0 unspecified atom stereocenters. The number of nitrogens with one attached hydrogen (secondary N) is 2. The quantitative estimate of drug-likeness (QED) is 0.190. The van der Waals surface area contributed by atoms with Crippen LogP contribution in [-0.2, 0) is 11.0 Å². The molecule has 0 saturated carbocycles. The fraction of sp³-hybridized carbons (Fsp3) is 0.538. The van der Waals surface area contributed by atoms with Crippen molar-refractivity contribution in [3.63, 3.8) is 0 Å². The number of piperazine rings is 1. The number of nitrogens with zero attached hydrogens (tertiary/aromatic N) is 8. The predicted octanol–water partition coefficient (Wildman–Crippen LogP) is 5.60. The molecule has 4 aromatic rings. The molecule has 0 spiro atoms. The van der Waals surface area contributed by atoms with Gasteiger partial charge in [0.1, 0.15) is 17.7 Å². The zero-order chi connectivity index (χ0) is 37.2. The molecule has 2 N–H and O–H groups in total. The molecule has 0 radical (unpaired) electrons. The maximum Gasteiger partial charge on any atom is 0.320 e. The zero-order valence-corrected chi connectivity index (χ0v) is 31.9. The molecule has 1 aromatic carbocycles. The first-order chi connectivity index (χ1) is 24.7. The third kappa shape index (κ3) is 8.43. The molecule has 13 heteroatoms. The number of anilines is 1. The maximum absolute atomic E-state index is 13.5. The van der Waals surface area contributed by atoms with Gasteiger partial charge in [-0.15, -0.1) is 10.2 Å². The zero-order valence-electron chi connectivity index (χ0n) is 31.9. The Kier molecular flexibility index (Phi) is 10.9. The van der Waals surface area contributed by atoms with E-state index in [2.05, 4.69) is 72.0 Å². The molecule has 2 aliphatic rings. The molecular formula is C39H54N10O3. The molecular weight excluding hydrogens is 656 g/mol. The number of amides is 2. The number of pyridine rings is 1. The van der Waals surface area contributed by atoms with Crippen LogP contribution in [0.4, 0.5) is 10.6 Å². The third-order valence-electron chi connectivity index (χ3n) is 10.2. The summed E-state index contributed by atoms with van der Waals surface area (Å²) < 4.78 is 8.73. The molecule has 1 aliphatic carbocycles. The second kappa shape index (κ2) is 15.3. The number of ketones is 1.